The van der Waals surface area contributed by atoms with Crippen LogP contribution in [0.2, 0.25) is 0 Å². The first-order chi connectivity index (χ1) is 16.7. The van der Waals surface area contributed by atoms with Gasteiger partial charge < -0.3 is 9.73 Å². The van der Waals surface area contributed by atoms with Gasteiger partial charge in [0.15, 0.2) is 11.4 Å². The van der Waals surface area contributed by atoms with Crippen molar-refractivity contribution < 1.29 is 9.21 Å². The van der Waals surface area contributed by atoms with Crippen molar-refractivity contribution in [2.45, 2.75) is 29.9 Å². The van der Waals surface area contributed by atoms with Gasteiger partial charge in [-0.2, -0.15) is 0 Å². The first kappa shape index (κ1) is 20.6. The number of nitrogens with zero attached hydrogens (tertiary/aromatic N) is 5. The second-order valence-electron chi connectivity index (χ2n) is 8.11. The molecule has 1 fully saturated rings. The Morgan fingerprint density at radius 1 is 1.06 bits per heavy atom. The molecule has 1 saturated carbocycles. The van der Waals surface area contributed by atoms with E-state index in [1.165, 1.54) is 11.8 Å². The van der Waals surface area contributed by atoms with Crippen LogP contribution in [-0.4, -0.2) is 31.1 Å². The van der Waals surface area contributed by atoms with Crippen molar-refractivity contribution in [2.75, 3.05) is 5.32 Å². The second kappa shape index (κ2) is 8.75. The molecule has 0 radical (unpaired) electrons. The van der Waals surface area contributed by atoms with Gasteiger partial charge in [0.05, 0.1) is 6.04 Å². The fourth-order valence-corrected chi connectivity index (χ4v) is 4.65. The number of rotatable bonds is 7. The van der Waals surface area contributed by atoms with Crippen LogP contribution in [0, 0.1) is 0 Å². The number of thioether (sulfide) groups is 1. The number of hydrogen-bond donors (Lipinski definition) is 1. The lowest BCUT2D eigenvalue weighted by Crippen LogP contribution is -2.14. The monoisotopic (exact) mass is 468 g/mol. The van der Waals surface area contributed by atoms with Crippen LogP contribution in [0.4, 0.5) is 5.69 Å². The first-order valence-corrected chi connectivity index (χ1v) is 12.0. The summed E-state index contributed by atoms with van der Waals surface area (Å²) < 4.78 is 7.66. The molecular formula is C25H20N6O2S. The fraction of sp³-hybridized carbons (Fsp3) is 0.160. The number of aromatic nitrogens is 5. The number of benzene rings is 3. The normalized spacial score (nSPS) is 13.3. The number of oxazole rings is 1. The summed E-state index contributed by atoms with van der Waals surface area (Å²) in [6.45, 7) is 0. The van der Waals surface area contributed by atoms with Crippen LogP contribution in [0.1, 0.15) is 34.8 Å². The predicted octanol–water partition coefficient (Wildman–Crippen LogP) is 5.36. The summed E-state index contributed by atoms with van der Waals surface area (Å²) in [5.74, 6) is 1.11. The average molecular weight is 469 g/mol. The topological polar surface area (TPSA) is 98.7 Å². The quantitative estimate of drug-likeness (QED) is 0.321. The number of para-hydroxylation sites is 2. The van der Waals surface area contributed by atoms with E-state index in [1.54, 1.807) is 0 Å². The number of hydrogen-bond acceptors (Lipinski definition) is 7. The Morgan fingerprint density at radius 2 is 1.91 bits per heavy atom. The van der Waals surface area contributed by atoms with E-state index in [1.807, 2.05) is 77.5 Å². The largest absolute Gasteiger partial charge is 0.431 e. The molecule has 168 valence electrons. The van der Waals surface area contributed by atoms with Crippen molar-refractivity contribution in [3.8, 4) is 11.4 Å². The average Bonchev–Trinajstić information content (AvgIpc) is 3.43. The van der Waals surface area contributed by atoms with Gasteiger partial charge in [0, 0.05) is 22.6 Å². The smallest absolute Gasteiger partial charge is 0.257 e. The van der Waals surface area contributed by atoms with Gasteiger partial charge in [0.1, 0.15) is 5.52 Å². The molecule has 0 spiro atoms. The highest BCUT2D eigenvalue weighted by Gasteiger charge is 2.28. The zero-order chi connectivity index (χ0) is 22.9. The molecule has 0 bridgehead atoms. The second-order valence-corrected chi connectivity index (χ2v) is 9.03. The van der Waals surface area contributed by atoms with Crippen molar-refractivity contribution in [1.29, 1.82) is 0 Å². The number of fused-ring (bicyclic) bond motifs is 1. The number of anilines is 1. The lowest BCUT2D eigenvalue weighted by atomic mass is 10.1. The maximum absolute atomic E-state index is 13.2. The summed E-state index contributed by atoms with van der Waals surface area (Å²) >= 11 is 1.47. The highest BCUT2D eigenvalue weighted by atomic mass is 32.2. The van der Waals surface area contributed by atoms with E-state index in [9.17, 15) is 4.79 Å². The van der Waals surface area contributed by atoms with Gasteiger partial charge in [-0.3, -0.25) is 4.79 Å². The van der Waals surface area contributed by atoms with E-state index >= 15 is 0 Å². The minimum Gasteiger partial charge on any atom is -0.431 e. The number of tetrazole rings is 1. The van der Waals surface area contributed by atoms with Gasteiger partial charge in [0.25, 0.3) is 11.1 Å². The van der Waals surface area contributed by atoms with Gasteiger partial charge >= 0.3 is 0 Å². The Balaban J connectivity index is 1.19. The summed E-state index contributed by atoms with van der Waals surface area (Å²) in [5, 5.41) is 15.7. The van der Waals surface area contributed by atoms with Crippen LogP contribution in [0.15, 0.2) is 82.4 Å². The summed E-state index contributed by atoms with van der Waals surface area (Å²) in [6, 6.07) is 23.2. The molecule has 1 N–H and O–H groups in total. The van der Waals surface area contributed by atoms with E-state index in [2.05, 4.69) is 25.8 Å². The lowest BCUT2D eigenvalue weighted by Gasteiger charge is -2.10. The Hall–Kier alpha value is -3.98. The minimum atomic E-state index is -0.173. The third-order valence-electron chi connectivity index (χ3n) is 5.65. The lowest BCUT2D eigenvalue weighted by molar-refractivity contribution is 0.102. The predicted molar refractivity (Wildman–Crippen MR) is 129 cm³/mol. The van der Waals surface area contributed by atoms with Crippen molar-refractivity contribution in [3.05, 3.63) is 83.9 Å². The standard InChI is InChI=1S/C25H20N6O2S/c32-24(26-18-8-5-7-16(14-18)23-28-29-30-31(23)19-12-13-19)20-9-2-1-6-17(20)15-34-25-27-21-10-3-4-11-22(21)33-25/h1-11,14,19H,12-13,15H2,(H,26,32). The molecule has 34 heavy (non-hydrogen) atoms. The zero-order valence-corrected chi connectivity index (χ0v) is 18.9. The van der Waals surface area contributed by atoms with Crippen molar-refractivity contribution >= 4 is 34.5 Å². The number of carbonyl (C=O) groups is 1. The fourth-order valence-electron chi connectivity index (χ4n) is 3.80. The molecule has 9 heteroatoms. The van der Waals surface area contributed by atoms with Gasteiger partial charge in [-0.1, -0.05) is 54.2 Å². The number of carbonyl (C=O) groups excluding carboxylic acids is 1. The van der Waals surface area contributed by atoms with Gasteiger partial charge in [-0.25, -0.2) is 9.67 Å². The zero-order valence-electron chi connectivity index (χ0n) is 18.1. The minimum absolute atomic E-state index is 0.173. The molecule has 2 heterocycles. The Morgan fingerprint density at radius 3 is 2.79 bits per heavy atom. The molecular weight excluding hydrogens is 448 g/mol. The summed E-state index contributed by atoms with van der Waals surface area (Å²) in [5.41, 5.74) is 4.65. The third kappa shape index (κ3) is 4.17. The molecule has 8 nitrogen and oxygen atoms in total. The maximum atomic E-state index is 13.2. The van der Waals surface area contributed by atoms with Gasteiger partial charge in [-0.15, -0.1) is 5.10 Å². The summed E-state index contributed by atoms with van der Waals surface area (Å²) in [7, 11) is 0. The van der Waals surface area contributed by atoms with Crippen LogP contribution < -0.4 is 5.32 Å². The summed E-state index contributed by atoms with van der Waals surface area (Å²) in [6.07, 6.45) is 2.18. The highest BCUT2D eigenvalue weighted by molar-refractivity contribution is 7.98. The van der Waals surface area contributed by atoms with Crippen molar-refractivity contribution in [1.82, 2.24) is 25.2 Å². The molecule has 3 aromatic carbocycles. The van der Waals surface area contributed by atoms with Crippen LogP contribution >= 0.6 is 11.8 Å². The van der Waals surface area contributed by atoms with Crippen LogP contribution in [-0.2, 0) is 5.75 Å². The molecule has 5 aromatic rings. The van der Waals surface area contributed by atoms with E-state index in [4.69, 9.17) is 4.42 Å². The third-order valence-corrected chi connectivity index (χ3v) is 6.53. The van der Waals surface area contributed by atoms with Gasteiger partial charge in [-0.05, 0) is 59.2 Å². The van der Waals surface area contributed by atoms with Crippen LogP contribution in [0.25, 0.3) is 22.5 Å². The Kier molecular flexibility index (Phi) is 5.31. The van der Waals surface area contributed by atoms with Gasteiger partial charge in [0.2, 0.25) is 0 Å². The molecule has 0 atom stereocenters. The van der Waals surface area contributed by atoms with Crippen LogP contribution in [0.5, 0.6) is 0 Å². The summed E-state index contributed by atoms with van der Waals surface area (Å²) in [4.78, 5) is 17.7. The Bertz CT molecular complexity index is 1460. The molecule has 1 amide bonds. The number of nitrogens with one attached hydrogen (secondary N) is 1. The Labute approximate surface area is 199 Å². The molecule has 0 unspecified atom stereocenters. The molecule has 1 aliphatic rings. The van der Waals surface area contributed by atoms with Crippen LogP contribution in [0.3, 0.4) is 0 Å². The van der Waals surface area contributed by atoms with E-state index in [0.717, 1.165) is 35.1 Å². The highest BCUT2D eigenvalue weighted by Crippen LogP contribution is 2.37. The van der Waals surface area contributed by atoms with E-state index in [0.29, 0.717) is 34.1 Å². The SMILES string of the molecule is O=C(Nc1cccc(-c2nnnn2C2CC2)c1)c1ccccc1CSc1nc2ccccc2o1. The van der Waals surface area contributed by atoms with Crippen molar-refractivity contribution in [3.63, 3.8) is 0 Å². The number of amides is 1. The van der Waals surface area contributed by atoms with E-state index < -0.39 is 0 Å². The molecule has 1 aliphatic carbocycles. The molecule has 2 aromatic heterocycles. The molecule has 0 saturated heterocycles. The van der Waals surface area contributed by atoms with E-state index in [-0.39, 0.29) is 5.91 Å². The molecule has 0 aliphatic heterocycles. The first-order valence-electron chi connectivity index (χ1n) is 11.0. The molecule has 6 rings (SSSR count). The maximum Gasteiger partial charge on any atom is 0.257 e. The van der Waals surface area contributed by atoms with Crippen molar-refractivity contribution in [2.24, 2.45) is 0 Å².